The molecule has 1 aliphatic heterocycles. The van der Waals surface area contributed by atoms with E-state index in [1.54, 1.807) is 0 Å². The maximum atomic E-state index is 5.86. The Labute approximate surface area is 122 Å². The van der Waals surface area contributed by atoms with Crippen LogP contribution in [-0.4, -0.2) is 40.8 Å². The van der Waals surface area contributed by atoms with Gasteiger partial charge >= 0.3 is 0 Å². The van der Waals surface area contributed by atoms with E-state index in [1.165, 1.54) is 0 Å². The Kier molecular flexibility index (Phi) is 4.00. The molecule has 0 amide bonds. The van der Waals surface area contributed by atoms with Crippen molar-refractivity contribution in [2.24, 2.45) is 0 Å². The third-order valence-corrected chi connectivity index (χ3v) is 3.51. The van der Waals surface area contributed by atoms with Crippen LogP contribution in [0.15, 0.2) is 28.8 Å². The van der Waals surface area contributed by atoms with Crippen LogP contribution in [0.25, 0.3) is 11.4 Å². The van der Waals surface area contributed by atoms with Crippen LogP contribution in [0.4, 0.5) is 0 Å². The number of ether oxygens (including phenoxy) is 1. The number of morpholine rings is 1. The molecule has 3 rings (SSSR count). The van der Waals surface area contributed by atoms with Gasteiger partial charge in [0, 0.05) is 23.7 Å². The van der Waals surface area contributed by atoms with Crippen molar-refractivity contribution in [3.05, 3.63) is 35.2 Å². The van der Waals surface area contributed by atoms with Gasteiger partial charge in [-0.1, -0.05) is 16.8 Å². The third kappa shape index (κ3) is 3.17. The van der Waals surface area contributed by atoms with E-state index in [0.717, 1.165) is 25.3 Å². The third-order valence-electron chi connectivity index (χ3n) is 3.25. The van der Waals surface area contributed by atoms with E-state index in [4.69, 9.17) is 20.9 Å². The molecule has 0 bridgehead atoms. The van der Waals surface area contributed by atoms with Crippen LogP contribution in [0, 0.1) is 0 Å². The average Bonchev–Trinajstić information content (AvgIpc) is 2.88. The lowest BCUT2D eigenvalue weighted by Crippen LogP contribution is -2.40. The lowest BCUT2D eigenvalue weighted by Gasteiger charge is -2.29. The standard InChI is InChI=1S/C14H16ClN3O2/c1-10-8-18(6-7-19-10)9-13-16-14(17-20-13)11-2-4-12(15)5-3-11/h2-5,10H,6-9H2,1H3/t10-/m1/s1. The highest BCUT2D eigenvalue weighted by molar-refractivity contribution is 6.30. The van der Waals surface area contributed by atoms with E-state index >= 15 is 0 Å². The molecule has 20 heavy (non-hydrogen) atoms. The molecule has 0 unspecified atom stereocenters. The van der Waals surface area contributed by atoms with Crippen LogP contribution in [0.2, 0.25) is 5.02 Å². The summed E-state index contributed by atoms with van der Waals surface area (Å²) < 4.78 is 10.8. The molecule has 6 heteroatoms. The summed E-state index contributed by atoms with van der Waals surface area (Å²) in [6.07, 6.45) is 0.252. The molecular weight excluding hydrogens is 278 g/mol. The first-order valence-electron chi connectivity index (χ1n) is 6.63. The van der Waals surface area contributed by atoms with Crippen LogP contribution in [0.5, 0.6) is 0 Å². The van der Waals surface area contributed by atoms with E-state index in [9.17, 15) is 0 Å². The minimum Gasteiger partial charge on any atom is -0.376 e. The largest absolute Gasteiger partial charge is 0.376 e. The van der Waals surface area contributed by atoms with E-state index in [-0.39, 0.29) is 6.10 Å². The smallest absolute Gasteiger partial charge is 0.241 e. The highest BCUT2D eigenvalue weighted by Crippen LogP contribution is 2.19. The zero-order chi connectivity index (χ0) is 13.9. The second kappa shape index (κ2) is 5.91. The number of nitrogens with zero attached hydrogens (tertiary/aromatic N) is 3. The fourth-order valence-corrected chi connectivity index (χ4v) is 2.39. The molecule has 1 saturated heterocycles. The van der Waals surface area contributed by atoms with Crippen molar-refractivity contribution in [3.8, 4) is 11.4 Å². The molecule has 0 spiro atoms. The van der Waals surface area contributed by atoms with Gasteiger partial charge in [0.25, 0.3) is 0 Å². The molecule has 2 aromatic rings. The Morgan fingerprint density at radius 2 is 2.15 bits per heavy atom. The van der Waals surface area contributed by atoms with E-state index in [0.29, 0.717) is 23.3 Å². The van der Waals surface area contributed by atoms with Gasteiger partial charge in [-0.05, 0) is 31.2 Å². The molecule has 0 N–H and O–H groups in total. The Morgan fingerprint density at radius 1 is 1.35 bits per heavy atom. The van der Waals surface area contributed by atoms with Gasteiger partial charge in [0.2, 0.25) is 11.7 Å². The first-order chi connectivity index (χ1) is 9.70. The van der Waals surface area contributed by atoms with E-state index < -0.39 is 0 Å². The number of hydrogen-bond acceptors (Lipinski definition) is 5. The topological polar surface area (TPSA) is 51.4 Å². The van der Waals surface area contributed by atoms with Gasteiger partial charge in [-0.25, -0.2) is 0 Å². The fraction of sp³-hybridized carbons (Fsp3) is 0.429. The first kappa shape index (κ1) is 13.5. The number of hydrogen-bond donors (Lipinski definition) is 0. The van der Waals surface area contributed by atoms with Crippen molar-refractivity contribution in [2.45, 2.75) is 19.6 Å². The van der Waals surface area contributed by atoms with Gasteiger partial charge in [0.15, 0.2) is 0 Å². The second-order valence-electron chi connectivity index (χ2n) is 4.94. The number of rotatable bonds is 3. The van der Waals surface area contributed by atoms with Gasteiger partial charge in [0.05, 0.1) is 19.3 Å². The lowest BCUT2D eigenvalue weighted by atomic mass is 10.2. The molecule has 1 aromatic carbocycles. The second-order valence-corrected chi connectivity index (χ2v) is 5.37. The molecule has 1 atom stereocenters. The molecule has 106 valence electrons. The molecule has 0 saturated carbocycles. The van der Waals surface area contributed by atoms with Crippen LogP contribution in [-0.2, 0) is 11.3 Å². The van der Waals surface area contributed by atoms with Crippen LogP contribution in [0.1, 0.15) is 12.8 Å². The average molecular weight is 294 g/mol. The van der Waals surface area contributed by atoms with Crippen molar-refractivity contribution in [1.82, 2.24) is 15.0 Å². The molecule has 0 aliphatic carbocycles. The predicted octanol–water partition coefficient (Wildman–Crippen LogP) is 2.61. The highest BCUT2D eigenvalue weighted by atomic mass is 35.5. The predicted molar refractivity (Wildman–Crippen MR) is 75.4 cm³/mol. The zero-order valence-electron chi connectivity index (χ0n) is 11.3. The number of halogens is 1. The maximum Gasteiger partial charge on any atom is 0.241 e. The van der Waals surface area contributed by atoms with Crippen LogP contribution < -0.4 is 0 Å². The molecule has 2 heterocycles. The summed E-state index contributed by atoms with van der Waals surface area (Å²) in [5.41, 5.74) is 0.903. The normalized spacial score (nSPS) is 20.2. The van der Waals surface area contributed by atoms with Crippen molar-refractivity contribution in [1.29, 1.82) is 0 Å². The highest BCUT2D eigenvalue weighted by Gasteiger charge is 2.19. The Bertz CT molecular complexity index is 570. The molecule has 1 fully saturated rings. The molecule has 1 aromatic heterocycles. The van der Waals surface area contributed by atoms with Gasteiger partial charge in [-0.3, -0.25) is 4.90 Å². The quantitative estimate of drug-likeness (QED) is 0.871. The monoisotopic (exact) mass is 293 g/mol. The Balaban J connectivity index is 1.69. The minimum absolute atomic E-state index is 0.252. The summed E-state index contributed by atoms with van der Waals surface area (Å²) in [5.74, 6) is 1.22. The number of benzene rings is 1. The van der Waals surface area contributed by atoms with Crippen molar-refractivity contribution < 1.29 is 9.26 Å². The summed E-state index contributed by atoms with van der Waals surface area (Å²) in [6, 6.07) is 7.40. The summed E-state index contributed by atoms with van der Waals surface area (Å²) in [6.45, 7) is 5.26. The Hall–Kier alpha value is -1.43. The van der Waals surface area contributed by atoms with Crippen LogP contribution in [0.3, 0.4) is 0 Å². The summed E-state index contributed by atoms with van der Waals surface area (Å²) in [4.78, 5) is 6.68. The van der Waals surface area contributed by atoms with E-state index in [1.807, 2.05) is 24.3 Å². The van der Waals surface area contributed by atoms with Gasteiger partial charge in [0.1, 0.15) is 0 Å². The maximum absolute atomic E-state index is 5.86. The minimum atomic E-state index is 0.252. The van der Waals surface area contributed by atoms with Gasteiger partial charge < -0.3 is 9.26 Å². The summed E-state index contributed by atoms with van der Waals surface area (Å²) >= 11 is 5.86. The van der Waals surface area contributed by atoms with Gasteiger partial charge in [-0.15, -0.1) is 0 Å². The number of aromatic nitrogens is 2. The summed E-state index contributed by atoms with van der Waals surface area (Å²) in [5, 5.41) is 4.71. The summed E-state index contributed by atoms with van der Waals surface area (Å²) in [7, 11) is 0. The molecular formula is C14H16ClN3O2. The van der Waals surface area contributed by atoms with Crippen molar-refractivity contribution in [3.63, 3.8) is 0 Å². The van der Waals surface area contributed by atoms with Gasteiger partial charge in [-0.2, -0.15) is 4.98 Å². The fourth-order valence-electron chi connectivity index (χ4n) is 2.26. The SMILES string of the molecule is C[C@@H]1CN(Cc2nc(-c3ccc(Cl)cc3)no2)CCO1. The molecule has 0 radical (unpaired) electrons. The van der Waals surface area contributed by atoms with Crippen molar-refractivity contribution >= 4 is 11.6 Å². The Morgan fingerprint density at radius 3 is 2.90 bits per heavy atom. The lowest BCUT2D eigenvalue weighted by molar-refractivity contribution is -0.0240. The van der Waals surface area contributed by atoms with E-state index in [2.05, 4.69) is 22.0 Å². The first-order valence-corrected chi connectivity index (χ1v) is 7.01. The zero-order valence-corrected chi connectivity index (χ0v) is 12.0. The molecule has 1 aliphatic rings. The van der Waals surface area contributed by atoms with Crippen molar-refractivity contribution in [2.75, 3.05) is 19.7 Å². The van der Waals surface area contributed by atoms with Crippen LogP contribution >= 0.6 is 11.6 Å². The molecule has 5 nitrogen and oxygen atoms in total.